The molecule has 142 valence electrons. The SMILES string of the molecule is Fc1ccccc1-n1nccc1C1=CC=CN(c2cncc(C(F)(F)F)c2)N1. The van der Waals surface area contributed by atoms with E-state index in [0.29, 0.717) is 11.4 Å². The quantitative estimate of drug-likeness (QED) is 0.681. The average Bonchev–Trinajstić information content (AvgIpc) is 3.17. The van der Waals surface area contributed by atoms with Crippen LogP contribution in [0.1, 0.15) is 11.3 Å². The van der Waals surface area contributed by atoms with Gasteiger partial charge in [0, 0.05) is 12.4 Å². The maximum atomic E-state index is 14.2. The number of hydrazine groups is 1. The molecule has 1 aliphatic heterocycles. The highest BCUT2D eigenvalue weighted by Crippen LogP contribution is 2.31. The first kappa shape index (κ1) is 17.8. The van der Waals surface area contributed by atoms with Crippen LogP contribution in [0.4, 0.5) is 23.2 Å². The van der Waals surface area contributed by atoms with E-state index in [-0.39, 0.29) is 11.4 Å². The van der Waals surface area contributed by atoms with Crippen molar-refractivity contribution in [3.05, 3.63) is 90.4 Å². The molecule has 4 rings (SSSR count). The first-order chi connectivity index (χ1) is 13.4. The fourth-order valence-electron chi connectivity index (χ4n) is 2.76. The van der Waals surface area contributed by atoms with Gasteiger partial charge in [-0.2, -0.15) is 18.3 Å². The van der Waals surface area contributed by atoms with Crippen LogP contribution in [-0.4, -0.2) is 14.8 Å². The number of anilines is 1. The summed E-state index contributed by atoms with van der Waals surface area (Å²) in [4.78, 5) is 3.67. The number of halogens is 4. The number of allylic oxidation sites excluding steroid dienone is 2. The predicted molar refractivity (Wildman–Crippen MR) is 95.5 cm³/mol. The second kappa shape index (κ2) is 6.84. The van der Waals surface area contributed by atoms with Gasteiger partial charge in [-0.3, -0.25) is 15.4 Å². The maximum absolute atomic E-state index is 14.2. The molecule has 0 bridgehead atoms. The van der Waals surface area contributed by atoms with Crippen LogP contribution in [0.5, 0.6) is 0 Å². The second-order valence-electron chi connectivity index (χ2n) is 5.91. The molecule has 3 aromatic rings. The number of nitrogens with one attached hydrogen (secondary N) is 1. The highest BCUT2D eigenvalue weighted by molar-refractivity contribution is 5.69. The number of pyridine rings is 1. The number of nitrogens with zero attached hydrogens (tertiary/aromatic N) is 4. The fraction of sp³-hybridized carbons (Fsp3) is 0.0526. The Bertz CT molecular complexity index is 1070. The molecule has 0 fully saturated rings. The van der Waals surface area contributed by atoms with E-state index >= 15 is 0 Å². The van der Waals surface area contributed by atoms with Crippen molar-refractivity contribution in [1.29, 1.82) is 0 Å². The minimum atomic E-state index is -4.50. The van der Waals surface area contributed by atoms with Crippen molar-refractivity contribution in [3.63, 3.8) is 0 Å². The second-order valence-corrected chi connectivity index (χ2v) is 5.91. The first-order valence-corrected chi connectivity index (χ1v) is 8.19. The van der Waals surface area contributed by atoms with Gasteiger partial charge in [0.1, 0.15) is 11.5 Å². The summed E-state index contributed by atoms with van der Waals surface area (Å²) in [6.45, 7) is 0. The van der Waals surface area contributed by atoms with Gasteiger partial charge in [0.05, 0.1) is 35.0 Å². The van der Waals surface area contributed by atoms with E-state index in [1.807, 2.05) is 0 Å². The van der Waals surface area contributed by atoms with Crippen molar-refractivity contribution in [2.45, 2.75) is 6.18 Å². The van der Waals surface area contributed by atoms with Crippen LogP contribution < -0.4 is 10.4 Å². The third kappa shape index (κ3) is 3.34. The van der Waals surface area contributed by atoms with E-state index in [9.17, 15) is 17.6 Å². The van der Waals surface area contributed by atoms with Gasteiger partial charge in [0.2, 0.25) is 0 Å². The predicted octanol–water partition coefficient (Wildman–Crippen LogP) is 4.30. The Morgan fingerprint density at radius 3 is 2.64 bits per heavy atom. The molecule has 2 aromatic heterocycles. The Balaban J connectivity index is 1.65. The highest BCUT2D eigenvalue weighted by atomic mass is 19.4. The lowest BCUT2D eigenvalue weighted by atomic mass is 10.2. The first-order valence-electron chi connectivity index (χ1n) is 8.19. The van der Waals surface area contributed by atoms with Crippen LogP contribution in [0, 0.1) is 5.82 Å². The number of hydrogen-bond acceptors (Lipinski definition) is 4. The summed E-state index contributed by atoms with van der Waals surface area (Å²) in [6, 6.07) is 8.83. The molecule has 0 unspecified atom stereocenters. The van der Waals surface area contributed by atoms with E-state index in [4.69, 9.17) is 0 Å². The summed E-state index contributed by atoms with van der Waals surface area (Å²) in [5.74, 6) is -0.446. The summed E-state index contributed by atoms with van der Waals surface area (Å²) in [6.07, 6.45) is 4.02. The lowest BCUT2D eigenvalue weighted by molar-refractivity contribution is -0.137. The molecule has 0 saturated carbocycles. The number of hydrogen-bond donors (Lipinski definition) is 1. The Hall–Kier alpha value is -3.62. The Labute approximate surface area is 157 Å². The van der Waals surface area contributed by atoms with Gasteiger partial charge in [0.15, 0.2) is 0 Å². The molecule has 0 amide bonds. The van der Waals surface area contributed by atoms with E-state index in [1.165, 1.54) is 28.2 Å². The van der Waals surface area contributed by atoms with Crippen LogP contribution in [0.3, 0.4) is 0 Å². The highest BCUT2D eigenvalue weighted by Gasteiger charge is 2.31. The molecule has 28 heavy (non-hydrogen) atoms. The smallest absolute Gasteiger partial charge is 0.292 e. The van der Waals surface area contributed by atoms with Crippen LogP contribution in [0.15, 0.2) is 73.3 Å². The summed E-state index contributed by atoms with van der Waals surface area (Å²) in [5, 5.41) is 5.56. The molecule has 0 spiro atoms. The largest absolute Gasteiger partial charge is 0.417 e. The molecular formula is C19H13F4N5. The normalized spacial score (nSPS) is 14.0. The summed E-state index contributed by atoms with van der Waals surface area (Å²) in [5.41, 5.74) is 3.67. The lowest BCUT2D eigenvalue weighted by Gasteiger charge is -2.27. The van der Waals surface area contributed by atoms with Gasteiger partial charge < -0.3 is 0 Å². The Morgan fingerprint density at radius 2 is 1.86 bits per heavy atom. The molecular weight excluding hydrogens is 374 g/mol. The molecule has 9 heteroatoms. The molecule has 0 saturated heterocycles. The van der Waals surface area contributed by atoms with Crippen molar-refractivity contribution < 1.29 is 17.6 Å². The lowest BCUT2D eigenvalue weighted by Crippen LogP contribution is -2.34. The van der Waals surface area contributed by atoms with Gasteiger partial charge in [0.25, 0.3) is 0 Å². The van der Waals surface area contributed by atoms with E-state index < -0.39 is 17.6 Å². The minimum Gasteiger partial charge on any atom is -0.292 e. The zero-order valence-electron chi connectivity index (χ0n) is 14.2. The van der Waals surface area contributed by atoms with Crippen molar-refractivity contribution in [1.82, 2.24) is 20.2 Å². The standard InChI is InChI=1S/C19H13F4N5/c20-15-4-1-2-6-17(15)28-18(7-8-25-28)16-5-3-9-27(26-16)14-10-13(11-24-12-14)19(21,22)23/h1-12,26H. The number of para-hydroxylation sites is 1. The summed E-state index contributed by atoms with van der Waals surface area (Å²) >= 11 is 0. The van der Waals surface area contributed by atoms with Crippen molar-refractivity contribution in [3.8, 4) is 5.69 Å². The van der Waals surface area contributed by atoms with Crippen LogP contribution >= 0.6 is 0 Å². The maximum Gasteiger partial charge on any atom is 0.417 e. The van der Waals surface area contributed by atoms with Gasteiger partial charge in [-0.25, -0.2) is 9.07 Å². The Kier molecular flexibility index (Phi) is 4.34. The molecule has 0 aliphatic carbocycles. The molecule has 1 aliphatic rings. The molecule has 1 N–H and O–H groups in total. The summed E-state index contributed by atoms with van der Waals surface area (Å²) < 4.78 is 54.4. The molecule has 5 nitrogen and oxygen atoms in total. The van der Waals surface area contributed by atoms with E-state index in [0.717, 1.165) is 12.3 Å². The zero-order valence-corrected chi connectivity index (χ0v) is 14.2. The van der Waals surface area contributed by atoms with Crippen LogP contribution in [0.2, 0.25) is 0 Å². The van der Waals surface area contributed by atoms with Crippen LogP contribution in [0.25, 0.3) is 11.4 Å². The van der Waals surface area contributed by atoms with Gasteiger partial charge >= 0.3 is 6.18 Å². The van der Waals surface area contributed by atoms with E-state index in [2.05, 4.69) is 15.5 Å². The minimum absolute atomic E-state index is 0.202. The van der Waals surface area contributed by atoms with Gasteiger partial charge in [-0.1, -0.05) is 12.1 Å². The number of rotatable bonds is 3. The van der Waals surface area contributed by atoms with Gasteiger partial charge in [-0.05, 0) is 36.4 Å². The Morgan fingerprint density at radius 1 is 1.04 bits per heavy atom. The number of benzene rings is 1. The van der Waals surface area contributed by atoms with E-state index in [1.54, 1.807) is 42.6 Å². The zero-order chi connectivity index (χ0) is 19.7. The van der Waals surface area contributed by atoms with Crippen molar-refractivity contribution in [2.75, 3.05) is 5.01 Å². The topological polar surface area (TPSA) is 46.0 Å². The third-order valence-corrected chi connectivity index (χ3v) is 4.07. The fourth-order valence-corrected chi connectivity index (χ4v) is 2.76. The number of alkyl halides is 3. The van der Waals surface area contributed by atoms with Crippen molar-refractivity contribution >= 4 is 11.4 Å². The molecule has 3 heterocycles. The third-order valence-electron chi connectivity index (χ3n) is 4.07. The van der Waals surface area contributed by atoms with Gasteiger partial charge in [-0.15, -0.1) is 0 Å². The number of aromatic nitrogens is 3. The average molecular weight is 387 g/mol. The monoisotopic (exact) mass is 387 g/mol. The molecule has 1 aromatic carbocycles. The molecule has 0 radical (unpaired) electrons. The van der Waals surface area contributed by atoms with Crippen molar-refractivity contribution in [2.24, 2.45) is 0 Å². The molecule has 0 atom stereocenters. The summed E-state index contributed by atoms with van der Waals surface area (Å²) in [7, 11) is 0. The van der Waals surface area contributed by atoms with Crippen LogP contribution in [-0.2, 0) is 6.18 Å².